The lowest BCUT2D eigenvalue weighted by Crippen LogP contribution is -2.47. The van der Waals surface area contributed by atoms with Gasteiger partial charge in [-0.15, -0.1) is 0 Å². The Balaban J connectivity index is 1.87. The van der Waals surface area contributed by atoms with Gasteiger partial charge in [0.15, 0.2) is 6.29 Å². The van der Waals surface area contributed by atoms with Crippen LogP contribution in [-0.4, -0.2) is 45.2 Å². The molecule has 0 spiro atoms. The number of imide groups is 1. The van der Waals surface area contributed by atoms with Crippen molar-refractivity contribution < 1.29 is 29.0 Å². The van der Waals surface area contributed by atoms with Crippen molar-refractivity contribution >= 4 is 23.4 Å². The number of fused-ring (bicyclic) bond motifs is 1. The molecule has 142 valence electrons. The first-order valence-electron chi connectivity index (χ1n) is 8.31. The molecule has 9 heteroatoms. The van der Waals surface area contributed by atoms with Crippen LogP contribution in [0, 0.1) is 0 Å². The highest BCUT2D eigenvalue weighted by Gasteiger charge is 2.43. The lowest BCUT2D eigenvalue weighted by molar-refractivity contribution is -0.120. The van der Waals surface area contributed by atoms with Crippen LogP contribution >= 0.6 is 0 Å². The van der Waals surface area contributed by atoms with Crippen molar-refractivity contribution in [3.8, 4) is 0 Å². The van der Waals surface area contributed by atoms with Crippen LogP contribution in [0.3, 0.4) is 0 Å². The van der Waals surface area contributed by atoms with Gasteiger partial charge in [0.05, 0.1) is 30.0 Å². The van der Waals surface area contributed by atoms with E-state index >= 15 is 0 Å². The summed E-state index contributed by atoms with van der Waals surface area (Å²) in [6, 6.07) is 6.97. The molecule has 27 heavy (non-hydrogen) atoms. The van der Waals surface area contributed by atoms with Crippen LogP contribution in [0.1, 0.15) is 39.3 Å². The van der Waals surface area contributed by atoms with Crippen LogP contribution < -0.4 is 11.1 Å². The van der Waals surface area contributed by atoms with E-state index in [0.717, 1.165) is 4.90 Å². The Morgan fingerprint density at radius 1 is 1.19 bits per heavy atom. The largest absolute Gasteiger partial charge is 0.467 e. The maximum Gasteiger partial charge on any atom is 0.264 e. The van der Waals surface area contributed by atoms with E-state index in [9.17, 15) is 24.6 Å². The molecule has 3 amide bonds. The summed E-state index contributed by atoms with van der Waals surface area (Å²) in [7, 11) is 0. The third kappa shape index (κ3) is 3.69. The summed E-state index contributed by atoms with van der Waals surface area (Å²) < 4.78 is 5.23. The van der Waals surface area contributed by atoms with E-state index in [4.69, 9.17) is 10.2 Å². The van der Waals surface area contributed by atoms with E-state index in [1.165, 1.54) is 12.3 Å². The Hall–Kier alpha value is -3.17. The minimum atomic E-state index is -1.99. The normalized spacial score (nSPS) is 14.6. The van der Waals surface area contributed by atoms with Gasteiger partial charge in [-0.1, -0.05) is 6.07 Å². The Labute approximate surface area is 154 Å². The van der Waals surface area contributed by atoms with Crippen LogP contribution in [-0.2, 0) is 11.3 Å². The van der Waals surface area contributed by atoms with E-state index < -0.39 is 30.1 Å². The maximum absolute atomic E-state index is 12.9. The second-order valence-electron chi connectivity index (χ2n) is 6.13. The zero-order valence-corrected chi connectivity index (χ0v) is 14.3. The van der Waals surface area contributed by atoms with E-state index in [1.54, 1.807) is 24.3 Å². The second kappa shape index (κ2) is 7.60. The summed E-state index contributed by atoms with van der Waals surface area (Å²) in [5.74, 6) is -1.34. The number of nitrogens with one attached hydrogen (secondary N) is 1. The Morgan fingerprint density at radius 3 is 2.59 bits per heavy atom. The molecule has 1 aliphatic heterocycles. The van der Waals surface area contributed by atoms with Crippen molar-refractivity contribution in [2.75, 3.05) is 5.32 Å². The molecular weight excluding hydrogens is 354 g/mol. The number of furan rings is 1. The van der Waals surface area contributed by atoms with Crippen LogP contribution in [0.5, 0.6) is 0 Å². The summed E-state index contributed by atoms with van der Waals surface area (Å²) in [5.41, 5.74) is 5.80. The van der Waals surface area contributed by atoms with Crippen LogP contribution in [0.2, 0.25) is 0 Å². The van der Waals surface area contributed by atoms with Gasteiger partial charge < -0.3 is 25.7 Å². The minimum absolute atomic E-state index is 0.138. The van der Waals surface area contributed by atoms with Crippen molar-refractivity contribution in [3.05, 3.63) is 53.5 Å². The predicted molar refractivity (Wildman–Crippen MR) is 93.4 cm³/mol. The number of carbonyl (C=O) groups is 3. The van der Waals surface area contributed by atoms with Crippen LogP contribution in [0.25, 0.3) is 0 Å². The molecule has 1 aromatic heterocycles. The van der Waals surface area contributed by atoms with Gasteiger partial charge in [0.2, 0.25) is 5.91 Å². The van der Waals surface area contributed by atoms with Crippen molar-refractivity contribution in [2.24, 2.45) is 5.73 Å². The van der Waals surface area contributed by atoms with Gasteiger partial charge in [0.1, 0.15) is 5.76 Å². The molecule has 1 atom stereocenters. The highest BCUT2D eigenvalue weighted by Crippen LogP contribution is 2.32. The first kappa shape index (κ1) is 18.6. The summed E-state index contributed by atoms with van der Waals surface area (Å²) in [6.07, 6.45) is -0.812. The molecule has 0 saturated carbocycles. The van der Waals surface area contributed by atoms with Crippen molar-refractivity contribution in [1.82, 2.24) is 4.90 Å². The number of aliphatic hydroxyl groups is 2. The molecule has 2 heterocycles. The first-order chi connectivity index (χ1) is 12.9. The molecule has 0 aliphatic carbocycles. The van der Waals surface area contributed by atoms with Gasteiger partial charge >= 0.3 is 0 Å². The lowest BCUT2D eigenvalue weighted by Gasteiger charge is -2.27. The molecule has 3 rings (SSSR count). The molecule has 1 aromatic carbocycles. The molecule has 1 unspecified atom stereocenters. The average molecular weight is 373 g/mol. The lowest BCUT2D eigenvalue weighted by atomic mass is 10.1. The molecule has 5 N–H and O–H groups in total. The standard InChI is InChI=1S/C18H19N3O6/c19-14(22)7-6-13(18(25)26)21-16(23)11-4-1-5-12(15(11)17(21)24)20-9-10-3-2-8-27-10/h1-5,8,13,18,20,25-26H,6-7,9H2,(H2,19,22). The van der Waals surface area contributed by atoms with Gasteiger partial charge in [0, 0.05) is 12.1 Å². The monoisotopic (exact) mass is 373 g/mol. The molecular formula is C18H19N3O6. The molecule has 0 fully saturated rings. The summed E-state index contributed by atoms with van der Waals surface area (Å²) in [5, 5.41) is 22.3. The predicted octanol–water partition coefficient (Wildman–Crippen LogP) is 0.433. The number of anilines is 1. The number of hydrogen-bond acceptors (Lipinski definition) is 7. The molecule has 2 aromatic rings. The van der Waals surface area contributed by atoms with E-state index in [2.05, 4.69) is 5.32 Å². The number of hydrogen-bond donors (Lipinski definition) is 4. The third-order valence-electron chi connectivity index (χ3n) is 4.34. The van der Waals surface area contributed by atoms with Crippen molar-refractivity contribution in [3.63, 3.8) is 0 Å². The molecule has 0 radical (unpaired) electrons. The number of carbonyl (C=O) groups excluding carboxylic acids is 3. The van der Waals surface area contributed by atoms with Gasteiger partial charge in [-0.2, -0.15) is 0 Å². The number of aliphatic hydroxyl groups excluding tert-OH is 1. The highest BCUT2D eigenvalue weighted by molar-refractivity contribution is 6.24. The van der Waals surface area contributed by atoms with Crippen LogP contribution in [0.4, 0.5) is 5.69 Å². The average Bonchev–Trinajstić information content (AvgIpc) is 3.22. The Bertz CT molecular complexity index is 862. The molecule has 9 nitrogen and oxygen atoms in total. The Kier molecular flexibility index (Phi) is 5.24. The second-order valence-corrected chi connectivity index (χ2v) is 6.13. The molecule has 0 bridgehead atoms. The van der Waals surface area contributed by atoms with Crippen molar-refractivity contribution in [1.29, 1.82) is 0 Å². The zero-order chi connectivity index (χ0) is 19.6. The first-order valence-corrected chi connectivity index (χ1v) is 8.31. The van der Waals surface area contributed by atoms with E-state index in [1.807, 2.05) is 0 Å². The number of rotatable bonds is 8. The van der Waals surface area contributed by atoms with Crippen LogP contribution in [0.15, 0.2) is 41.0 Å². The summed E-state index contributed by atoms with van der Waals surface area (Å²) >= 11 is 0. The summed E-state index contributed by atoms with van der Waals surface area (Å²) in [6.45, 7) is 0.304. The fraction of sp³-hybridized carbons (Fsp3) is 0.278. The van der Waals surface area contributed by atoms with Crippen molar-refractivity contribution in [2.45, 2.75) is 31.7 Å². The SMILES string of the molecule is NC(=O)CCC(C(O)O)N1C(=O)c2cccc(NCc3ccco3)c2C1=O. The zero-order valence-electron chi connectivity index (χ0n) is 14.3. The van der Waals surface area contributed by atoms with Gasteiger partial charge in [0.25, 0.3) is 11.8 Å². The minimum Gasteiger partial charge on any atom is -0.467 e. The quantitative estimate of drug-likeness (QED) is 0.388. The summed E-state index contributed by atoms with van der Waals surface area (Å²) in [4.78, 5) is 37.4. The van der Waals surface area contributed by atoms with E-state index in [0.29, 0.717) is 18.0 Å². The number of benzene rings is 1. The molecule has 0 saturated heterocycles. The maximum atomic E-state index is 12.9. The fourth-order valence-electron chi connectivity index (χ4n) is 3.05. The fourth-order valence-corrected chi connectivity index (χ4v) is 3.05. The number of amides is 3. The number of nitrogens with two attached hydrogens (primary N) is 1. The number of nitrogens with zero attached hydrogens (tertiary/aromatic N) is 1. The Morgan fingerprint density at radius 2 is 1.96 bits per heavy atom. The van der Waals surface area contributed by atoms with E-state index in [-0.39, 0.29) is 24.0 Å². The molecule has 1 aliphatic rings. The van der Waals surface area contributed by atoms with Gasteiger partial charge in [-0.3, -0.25) is 19.3 Å². The highest BCUT2D eigenvalue weighted by atomic mass is 16.5. The third-order valence-corrected chi connectivity index (χ3v) is 4.34. The van der Waals surface area contributed by atoms with Gasteiger partial charge in [-0.25, -0.2) is 0 Å². The number of primary amides is 1. The van der Waals surface area contributed by atoms with Gasteiger partial charge in [-0.05, 0) is 30.7 Å². The topological polar surface area (TPSA) is 146 Å². The smallest absolute Gasteiger partial charge is 0.264 e.